The highest BCUT2D eigenvalue weighted by molar-refractivity contribution is 5.89. The number of hydrogen-bond acceptors (Lipinski definition) is 4. The van der Waals surface area contributed by atoms with E-state index in [0.29, 0.717) is 18.3 Å². The van der Waals surface area contributed by atoms with Gasteiger partial charge in [-0.15, -0.1) is 12.4 Å². The number of benzene rings is 2. The van der Waals surface area contributed by atoms with E-state index in [2.05, 4.69) is 5.32 Å². The fourth-order valence-electron chi connectivity index (χ4n) is 1.97. The highest BCUT2D eigenvalue weighted by Crippen LogP contribution is 2.28. The van der Waals surface area contributed by atoms with Crippen molar-refractivity contribution in [3.63, 3.8) is 0 Å². The van der Waals surface area contributed by atoms with Crippen molar-refractivity contribution in [2.45, 2.75) is 26.0 Å². The number of fused-ring (bicyclic) bond motifs is 1. The first-order valence-corrected chi connectivity index (χ1v) is 6.82. The normalized spacial score (nSPS) is 12.2. The number of aliphatic hydroxyl groups is 1. The number of rotatable bonds is 6. The van der Waals surface area contributed by atoms with Crippen molar-refractivity contribution in [3.8, 4) is 11.5 Å². The highest BCUT2D eigenvalue weighted by atomic mass is 35.5. The van der Waals surface area contributed by atoms with Crippen molar-refractivity contribution in [1.82, 2.24) is 5.32 Å². The van der Waals surface area contributed by atoms with E-state index in [4.69, 9.17) is 4.74 Å². The van der Waals surface area contributed by atoms with E-state index in [1.807, 2.05) is 38.1 Å². The zero-order valence-corrected chi connectivity index (χ0v) is 13.1. The average Bonchev–Trinajstić information content (AvgIpc) is 2.42. The molecular formula is C16H22ClNO3. The predicted octanol–water partition coefficient (Wildman–Crippen LogP) is 2.70. The molecule has 2 aromatic rings. The molecule has 0 bridgehead atoms. The number of phenolic OH excluding ortho intramolecular Hbond substituents is 1. The Morgan fingerprint density at radius 2 is 1.95 bits per heavy atom. The van der Waals surface area contributed by atoms with Crippen molar-refractivity contribution in [2.75, 3.05) is 13.2 Å². The van der Waals surface area contributed by atoms with Gasteiger partial charge in [-0.25, -0.2) is 0 Å². The Balaban J connectivity index is 0.00000220. The third-order valence-electron chi connectivity index (χ3n) is 3.02. The summed E-state index contributed by atoms with van der Waals surface area (Å²) in [6.45, 7) is 4.77. The lowest BCUT2D eigenvalue weighted by atomic mass is 10.1. The van der Waals surface area contributed by atoms with E-state index >= 15 is 0 Å². The molecule has 1 unspecified atom stereocenters. The summed E-state index contributed by atoms with van der Waals surface area (Å²) in [7, 11) is 0. The molecule has 4 nitrogen and oxygen atoms in total. The van der Waals surface area contributed by atoms with Crippen molar-refractivity contribution >= 4 is 23.2 Å². The molecule has 0 spiro atoms. The van der Waals surface area contributed by atoms with Crippen LogP contribution in [0.2, 0.25) is 0 Å². The molecule has 0 heterocycles. The van der Waals surface area contributed by atoms with Gasteiger partial charge in [0.1, 0.15) is 24.2 Å². The Bertz CT molecular complexity index is 574. The van der Waals surface area contributed by atoms with Crippen molar-refractivity contribution in [2.24, 2.45) is 0 Å². The largest absolute Gasteiger partial charge is 0.508 e. The molecule has 21 heavy (non-hydrogen) atoms. The highest BCUT2D eigenvalue weighted by Gasteiger charge is 2.08. The van der Waals surface area contributed by atoms with Gasteiger partial charge < -0.3 is 20.3 Å². The van der Waals surface area contributed by atoms with Gasteiger partial charge >= 0.3 is 0 Å². The van der Waals surface area contributed by atoms with Gasteiger partial charge in [0.25, 0.3) is 0 Å². The molecule has 0 saturated carbocycles. The Labute approximate surface area is 131 Å². The number of ether oxygens (including phenoxy) is 1. The number of aromatic hydroxyl groups is 1. The van der Waals surface area contributed by atoms with Gasteiger partial charge in [-0.05, 0) is 23.6 Å². The van der Waals surface area contributed by atoms with Crippen LogP contribution in [0.15, 0.2) is 36.4 Å². The fraction of sp³-hybridized carbons (Fsp3) is 0.375. The summed E-state index contributed by atoms with van der Waals surface area (Å²) in [4.78, 5) is 0. The van der Waals surface area contributed by atoms with Crippen LogP contribution in [-0.2, 0) is 0 Å². The van der Waals surface area contributed by atoms with Crippen LogP contribution in [0.4, 0.5) is 0 Å². The Morgan fingerprint density at radius 1 is 1.19 bits per heavy atom. The van der Waals surface area contributed by atoms with Gasteiger partial charge in [0.05, 0.1) is 0 Å². The van der Waals surface area contributed by atoms with Crippen molar-refractivity contribution < 1.29 is 14.9 Å². The lowest BCUT2D eigenvalue weighted by Gasteiger charge is -2.16. The Kier molecular flexibility index (Phi) is 6.75. The molecule has 116 valence electrons. The van der Waals surface area contributed by atoms with Gasteiger partial charge in [0, 0.05) is 18.0 Å². The first-order valence-electron chi connectivity index (χ1n) is 6.82. The van der Waals surface area contributed by atoms with E-state index in [1.165, 1.54) is 0 Å². The molecule has 0 saturated heterocycles. The Morgan fingerprint density at radius 3 is 2.67 bits per heavy atom. The number of halogens is 1. The quantitative estimate of drug-likeness (QED) is 0.767. The zero-order valence-electron chi connectivity index (χ0n) is 12.2. The molecule has 2 rings (SSSR count). The van der Waals surface area contributed by atoms with E-state index in [-0.39, 0.29) is 24.8 Å². The predicted molar refractivity (Wildman–Crippen MR) is 87.5 cm³/mol. The Hall–Kier alpha value is -1.49. The number of hydrogen-bond donors (Lipinski definition) is 3. The van der Waals surface area contributed by atoms with Crippen LogP contribution in [0.5, 0.6) is 11.5 Å². The van der Waals surface area contributed by atoms with Crippen LogP contribution in [0.1, 0.15) is 13.8 Å². The maximum Gasteiger partial charge on any atom is 0.127 e. The first-order chi connectivity index (χ1) is 9.56. The minimum atomic E-state index is -0.565. The lowest BCUT2D eigenvalue weighted by Crippen LogP contribution is -2.35. The van der Waals surface area contributed by atoms with Gasteiger partial charge in [-0.1, -0.05) is 32.0 Å². The molecule has 0 amide bonds. The molecule has 5 heteroatoms. The van der Waals surface area contributed by atoms with Crippen LogP contribution < -0.4 is 10.1 Å². The fourth-order valence-corrected chi connectivity index (χ4v) is 1.97. The maximum atomic E-state index is 9.85. The smallest absolute Gasteiger partial charge is 0.127 e. The molecule has 0 radical (unpaired) electrons. The third-order valence-corrected chi connectivity index (χ3v) is 3.02. The second-order valence-corrected chi connectivity index (χ2v) is 5.19. The van der Waals surface area contributed by atoms with E-state index in [0.717, 1.165) is 10.8 Å². The molecular weight excluding hydrogens is 290 g/mol. The summed E-state index contributed by atoms with van der Waals surface area (Å²) in [6.07, 6.45) is -0.565. The van der Waals surface area contributed by atoms with Gasteiger partial charge in [0.2, 0.25) is 0 Å². The zero-order chi connectivity index (χ0) is 14.5. The minimum Gasteiger partial charge on any atom is -0.508 e. The minimum absolute atomic E-state index is 0. The average molecular weight is 312 g/mol. The molecule has 3 N–H and O–H groups in total. The van der Waals surface area contributed by atoms with Crippen LogP contribution in [0.25, 0.3) is 10.8 Å². The summed E-state index contributed by atoms with van der Waals surface area (Å²) < 4.78 is 5.67. The topological polar surface area (TPSA) is 61.7 Å². The molecule has 0 aliphatic heterocycles. The summed E-state index contributed by atoms with van der Waals surface area (Å²) in [5.74, 6) is 0.873. The molecule has 0 aromatic heterocycles. The number of aliphatic hydroxyl groups excluding tert-OH is 1. The molecule has 0 aliphatic carbocycles. The van der Waals surface area contributed by atoms with E-state index in [9.17, 15) is 10.2 Å². The van der Waals surface area contributed by atoms with Crippen molar-refractivity contribution in [1.29, 1.82) is 0 Å². The first kappa shape index (κ1) is 17.6. The monoisotopic (exact) mass is 311 g/mol. The van der Waals surface area contributed by atoms with E-state index < -0.39 is 6.10 Å². The van der Waals surface area contributed by atoms with Crippen molar-refractivity contribution in [3.05, 3.63) is 36.4 Å². The number of nitrogens with one attached hydrogen (secondary N) is 1. The molecule has 2 aromatic carbocycles. The summed E-state index contributed by atoms with van der Waals surface area (Å²) >= 11 is 0. The van der Waals surface area contributed by atoms with Gasteiger partial charge in [-0.2, -0.15) is 0 Å². The van der Waals surface area contributed by atoms with Crippen LogP contribution in [-0.4, -0.2) is 35.5 Å². The molecule has 0 aliphatic rings. The third kappa shape index (κ3) is 5.08. The van der Waals surface area contributed by atoms with Gasteiger partial charge in [0.15, 0.2) is 0 Å². The van der Waals surface area contributed by atoms with Crippen LogP contribution in [0.3, 0.4) is 0 Å². The SMILES string of the molecule is CC(C)NCC(O)COc1cccc2ccc(O)cc12.Cl. The second-order valence-electron chi connectivity index (χ2n) is 5.19. The molecule has 0 fully saturated rings. The standard InChI is InChI=1S/C16H21NO3.ClH/c1-11(2)17-9-14(19)10-20-16-5-3-4-12-6-7-13(18)8-15(12)16;/h3-8,11,14,17-19H,9-10H2,1-2H3;1H. The molecule has 1 atom stereocenters. The second kappa shape index (κ2) is 8.08. The van der Waals surface area contributed by atoms with Crippen LogP contribution in [0, 0.1) is 0 Å². The summed E-state index contributed by atoms with van der Waals surface area (Å²) in [5.41, 5.74) is 0. The lowest BCUT2D eigenvalue weighted by molar-refractivity contribution is 0.105. The van der Waals surface area contributed by atoms with Gasteiger partial charge in [-0.3, -0.25) is 0 Å². The summed E-state index contributed by atoms with van der Waals surface area (Å²) in [5, 5.41) is 24.4. The van der Waals surface area contributed by atoms with E-state index in [1.54, 1.807) is 12.1 Å². The summed E-state index contributed by atoms with van der Waals surface area (Å²) in [6, 6.07) is 11.2. The maximum absolute atomic E-state index is 9.85. The van der Waals surface area contributed by atoms with Crippen LogP contribution >= 0.6 is 12.4 Å². The number of phenols is 1.